The average Bonchev–Trinajstić information content (AvgIpc) is 2.87. The third-order valence-electron chi connectivity index (χ3n) is 6.80. The molecule has 0 amide bonds. The Bertz CT molecular complexity index is 872. The zero-order chi connectivity index (χ0) is 25.5. The molecule has 0 aliphatic rings. The van der Waals surface area contributed by atoms with Gasteiger partial charge in [0, 0.05) is 37.5 Å². The van der Waals surface area contributed by atoms with Gasteiger partial charge in [-0.15, -0.1) is 10.2 Å². The Balaban J connectivity index is 2.38. The second kappa shape index (κ2) is 16.4. The second-order valence-electron chi connectivity index (χ2n) is 9.44. The molecule has 196 valence electrons. The van der Waals surface area contributed by atoms with Crippen LogP contribution in [0.3, 0.4) is 0 Å². The number of ether oxygens (including phenoxy) is 2. The molecule has 1 aromatic heterocycles. The van der Waals surface area contributed by atoms with Gasteiger partial charge in [-0.25, -0.2) is 0 Å². The number of nitrogens with zero attached hydrogens (tertiary/aromatic N) is 2. The summed E-state index contributed by atoms with van der Waals surface area (Å²) >= 11 is 0. The van der Waals surface area contributed by atoms with Crippen LogP contribution in [0.4, 0.5) is 5.82 Å². The maximum Gasteiger partial charge on any atom is 0.152 e. The van der Waals surface area contributed by atoms with Gasteiger partial charge in [0.25, 0.3) is 0 Å². The van der Waals surface area contributed by atoms with Crippen LogP contribution in [0.15, 0.2) is 18.2 Å². The molecule has 1 atom stereocenters. The highest BCUT2D eigenvalue weighted by Crippen LogP contribution is 2.36. The van der Waals surface area contributed by atoms with Crippen molar-refractivity contribution in [3.63, 3.8) is 0 Å². The first-order valence-electron chi connectivity index (χ1n) is 13.6. The molecule has 35 heavy (non-hydrogen) atoms. The first kappa shape index (κ1) is 28.9. The minimum Gasteiger partial charge on any atom is -0.507 e. The van der Waals surface area contributed by atoms with E-state index in [1.54, 1.807) is 20.3 Å². The Morgan fingerprint density at radius 3 is 2.34 bits per heavy atom. The molecule has 6 nitrogen and oxygen atoms in total. The summed E-state index contributed by atoms with van der Waals surface area (Å²) in [5, 5.41) is 23.7. The third kappa shape index (κ3) is 8.99. The Kier molecular flexibility index (Phi) is 13.5. The SMILES string of the molecule is CCCCCCC(CC)CNc1nnc(-c2ccc(OC)cc2O)c(CCCOC)c1CCCC. The lowest BCUT2D eigenvalue weighted by Gasteiger charge is -2.21. The zero-order valence-electron chi connectivity index (χ0n) is 22.7. The maximum atomic E-state index is 10.7. The predicted molar refractivity (Wildman–Crippen MR) is 146 cm³/mol. The highest BCUT2D eigenvalue weighted by atomic mass is 16.5. The van der Waals surface area contributed by atoms with Gasteiger partial charge in [0.05, 0.1) is 7.11 Å². The van der Waals surface area contributed by atoms with Gasteiger partial charge in [0.1, 0.15) is 17.2 Å². The van der Waals surface area contributed by atoms with Crippen molar-refractivity contribution in [3.8, 4) is 22.8 Å². The van der Waals surface area contributed by atoms with E-state index in [-0.39, 0.29) is 5.75 Å². The van der Waals surface area contributed by atoms with Crippen molar-refractivity contribution in [2.24, 2.45) is 5.92 Å². The van der Waals surface area contributed by atoms with E-state index < -0.39 is 0 Å². The predicted octanol–water partition coefficient (Wildman–Crippen LogP) is 7.19. The monoisotopic (exact) mass is 485 g/mol. The second-order valence-corrected chi connectivity index (χ2v) is 9.44. The van der Waals surface area contributed by atoms with Crippen LogP contribution in [0.2, 0.25) is 0 Å². The number of hydrogen-bond donors (Lipinski definition) is 2. The molecule has 0 saturated heterocycles. The van der Waals surface area contributed by atoms with E-state index >= 15 is 0 Å². The number of nitrogens with one attached hydrogen (secondary N) is 1. The molecule has 0 aliphatic heterocycles. The molecule has 2 N–H and O–H groups in total. The van der Waals surface area contributed by atoms with Crippen molar-refractivity contribution in [2.45, 2.75) is 91.4 Å². The molecule has 1 aromatic carbocycles. The summed E-state index contributed by atoms with van der Waals surface area (Å²) < 4.78 is 10.6. The van der Waals surface area contributed by atoms with Gasteiger partial charge in [-0.2, -0.15) is 0 Å². The first-order valence-corrected chi connectivity index (χ1v) is 13.6. The van der Waals surface area contributed by atoms with E-state index in [9.17, 15) is 5.11 Å². The quantitative estimate of drug-likeness (QED) is 0.218. The fourth-order valence-corrected chi connectivity index (χ4v) is 4.54. The van der Waals surface area contributed by atoms with Gasteiger partial charge in [0.2, 0.25) is 0 Å². The molecular weight excluding hydrogens is 438 g/mol. The van der Waals surface area contributed by atoms with Crippen molar-refractivity contribution < 1.29 is 14.6 Å². The number of benzene rings is 1. The van der Waals surface area contributed by atoms with Crippen LogP contribution in [0.5, 0.6) is 11.5 Å². The molecular formula is C29H47N3O3. The average molecular weight is 486 g/mol. The minimum absolute atomic E-state index is 0.159. The maximum absolute atomic E-state index is 10.7. The van der Waals surface area contributed by atoms with E-state index in [0.29, 0.717) is 23.8 Å². The number of phenolic OH excluding ortho intramolecular Hbond substituents is 1. The summed E-state index contributed by atoms with van der Waals surface area (Å²) in [7, 11) is 3.33. The summed E-state index contributed by atoms with van der Waals surface area (Å²) in [6.07, 6.45) is 12.5. The molecule has 1 unspecified atom stereocenters. The largest absolute Gasteiger partial charge is 0.507 e. The number of rotatable bonds is 18. The van der Waals surface area contributed by atoms with Crippen LogP contribution < -0.4 is 10.1 Å². The van der Waals surface area contributed by atoms with E-state index in [1.165, 1.54) is 37.7 Å². The van der Waals surface area contributed by atoms with Crippen molar-refractivity contribution in [1.82, 2.24) is 10.2 Å². The van der Waals surface area contributed by atoms with E-state index in [0.717, 1.165) is 62.1 Å². The van der Waals surface area contributed by atoms with Crippen LogP contribution >= 0.6 is 0 Å². The number of aromatic nitrogens is 2. The van der Waals surface area contributed by atoms with Gasteiger partial charge in [-0.05, 0) is 55.7 Å². The van der Waals surface area contributed by atoms with Gasteiger partial charge in [0.15, 0.2) is 5.82 Å². The zero-order valence-corrected chi connectivity index (χ0v) is 22.7. The molecule has 2 aromatic rings. The number of anilines is 1. The van der Waals surface area contributed by atoms with Gasteiger partial charge in [-0.3, -0.25) is 0 Å². The number of aromatic hydroxyl groups is 1. The lowest BCUT2D eigenvalue weighted by Crippen LogP contribution is -2.18. The van der Waals surface area contributed by atoms with Gasteiger partial charge in [-0.1, -0.05) is 59.3 Å². The van der Waals surface area contributed by atoms with Gasteiger partial charge >= 0.3 is 0 Å². The highest BCUT2D eigenvalue weighted by Gasteiger charge is 2.20. The van der Waals surface area contributed by atoms with E-state index in [2.05, 4.69) is 36.3 Å². The molecule has 0 spiro atoms. The third-order valence-corrected chi connectivity index (χ3v) is 6.80. The molecule has 1 heterocycles. The topological polar surface area (TPSA) is 76.5 Å². The highest BCUT2D eigenvalue weighted by molar-refractivity contribution is 5.73. The number of hydrogen-bond acceptors (Lipinski definition) is 6. The smallest absolute Gasteiger partial charge is 0.152 e. The van der Waals surface area contributed by atoms with Crippen LogP contribution in [-0.4, -0.2) is 42.7 Å². The lowest BCUT2D eigenvalue weighted by atomic mass is 9.94. The normalized spacial score (nSPS) is 12.0. The van der Waals surface area contributed by atoms with Crippen molar-refractivity contribution in [1.29, 1.82) is 0 Å². The molecule has 0 bridgehead atoms. The minimum atomic E-state index is 0.159. The fourth-order valence-electron chi connectivity index (χ4n) is 4.54. The fraction of sp³-hybridized carbons (Fsp3) is 0.655. The molecule has 6 heteroatoms. The molecule has 2 rings (SSSR count). The van der Waals surface area contributed by atoms with Crippen molar-refractivity contribution in [3.05, 3.63) is 29.3 Å². The first-order chi connectivity index (χ1) is 17.1. The summed E-state index contributed by atoms with van der Waals surface area (Å²) in [5.41, 5.74) is 3.83. The van der Waals surface area contributed by atoms with Crippen LogP contribution in [0.1, 0.15) is 89.7 Å². The molecule has 0 fully saturated rings. The Hall–Kier alpha value is -2.34. The molecule has 0 saturated carbocycles. The summed E-state index contributed by atoms with van der Waals surface area (Å²) in [5.74, 6) is 2.31. The van der Waals surface area contributed by atoms with Crippen LogP contribution in [0, 0.1) is 5.92 Å². The van der Waals surface area contributed by atoms with E-state index in [1.807, 2.05) is 12.1 Å². The number of unbranched alkanes of at least 4 members (excludes halogenated alkanes) is 4. The Morgan fingerprint density at radius 2 is 1.69 bits per heavy atom. The number of methoxy groups -OCH3 is 2. The Morgan fingerprint density at radius 1 is 0.914 bits per heavy atom. The standard InChI is InChI=1S/C29H47N3O3/c1-6-9-11-12-14-22(8-3)21-30-29-25(15-10-7-2)24(16-13-19-34-4)28(31-32-29)26-18-17-23(35-5)20-27(26)33/h17-18,20,22,33H,6-16,19,21H2,1-5H3,(H,30,32). The van der Waals surface area contributed by atoms with Gasteiger partial charge < -0.3 is 19.9 Å². The summed E-state index contributed by atoms with van der Waals surface area (Å²) in [4.78, 5) is 0. The van der Waals surface area contributed by atoms with Crippen LogP contribution in [-0.2, 0) is 17.6 Å². The molecule has 0 aliphatic carbocycles. The lowest BCUT2D eigenvalue weighted by molar-refractivity contribution is 0.195. The summed E-state index contributed by atoms with van der Waals surface area (Å²) in [6.45, 7) is 8.35. The van der Waals surface area contributed by atoms with Crippen molar-refractivity contribution in [2.75, 3.05) is 32.7 Å². The van der Waals surface area contributed by atoms with Crippen molar-refractivity contribution >= 4 is 5.82 Å². The van der Waals surface area contributed by atoms with Crippen LogP contribution in [0.25, 0.3) is 11.3 Å². The number of phenols is 1. The van der Waals surface area contributed by atoms with E-state index in [4.69, 9.17) is 9.47 Å². The Labute approximate surface area is 212 Å². The molecule has 0 radical (unpaired) electrons. The summed E-state index contributed by atoms with van der Waals surface area (Å²) in [6, 6.07) is 5.37.